The third-order valence-electron chi connectivity index (χ3n) is 3.21. The zero-order chi connectivity index (χ0) is 12.1. The summed E-state index contributed by atoms with van der Waals surface area (Å²) in [7, 11) is 0. The van der Waals surface area contributed by atoms with Crippen molar-refractivity contribution in [2.75, 3.05) is 6.54 Å². The van der Waals surface area contributed by atoms with Crippen LogP contribution in [0.1, 0.15) is 32.6 Å². The van der Waals surface area contributed by atoms with Gasteiger partial charge in [0, 0.05) is 21.2 Å². The predicted octanol–water partition coefficient (Wildman–Crippen LogP) is 4.35. The van der Waals surface area contributed by atoms with Crippen LogP contribution in [0.15, 0.2) is 29.2 Å². The monoisotopic (exact) mass is 269 g/mol. The Labute approximate surface area is 113 Å². The van der Waals surface area contributed by atoms with Gasteiger partial charge in [0.25, 0.3) is 0 Å². The summed E-state index contributed by atoms with van der Waals surface area (Å²) < 4.78 is 0. The molecule has 0 radical (unpaired) electrons. The van der Waals surface area contributed by atoms with E-state index in [1.165, 1.54) is 30.6 Å². The second kappa shape index (κ2) is 6.67. The molecule has 0 amide bonds. The van der Waals surface area contributed by atoms with Gasteiger partial charge in [0.05, 0.1) is 0 Å². The summed E-state index contributed by atoms with van der Waals surface area (Å²) in [6.07, 6.45) is 5.22. The topological polar surface area (TPSA) is 12.0 Å². The largest absolute Gasteiger partial charge is 0.313 e. The molecule has 0 saturated heterocycles. The number of benzene rings is 1. The summed E-state index contributed by atoms with van der Waals surface area (Å²) in [4.78, 5) is 1.34. The quantitative estimate of drug-likeness (QED) is 0.853. The van der Waals surface area contributed by atoms with E-state index >= 15 is 0 Å². The van der Waals surface area contributed by atoms with Crippen LogP contribution < -0.4 is 5.32 Å². The standard InChI is InChI=1S/C14H20ClNS/c1-2-10-16-13-4-3-5-14(13)17-12-8-6-11(15)7-9-12/h6-9,13-14,16H,2-5,10H2,1H3. The molecule has 1 aromatic carbocycles. The van der Waals surface area contributed by atoms with Gasteiger partial charge in [-0.1, -0.05) is 24.9 Å². The second-order valence-electron chi connectivity index (χ2n) is 4.60. The van der Waals surface area contributed by atoms with E-state index in [1.807, 2.05) is 23.9 Å². The zero-order valence-corrected chi connectivity index (χ0v) is 11.9. The summed E-state index contributed by atoms with van der Waals surface area (Å²) in [5.41, 5.74) is 0. The molecule has 1 fully saturated rings. The Morgan fingerprint density at radius 2 is 2.06 bits per heavy atom. The molecule has 0 spiro atoms. The average Bonchev–Trinajstić information content (AvgIpc) is 2.77. The summed E-state index contributed by atoms with van der Waals surface area (Å²) in [6, 6.07) is 8.90. The van der Waals surface area contributed by atoms with Gasteiger partial charge in [0.1, 0.15) is 0 Å². The molecular weight excluding hydrogens is 250 g/mol. The van der Waals surface area contributed by atoms with Crippen LogP contribution in [0.5, 0.6) is 0 Å². The summed E-state index contributed by atoms with van der Waals surface area (Å²) in [5, 5.41) is 5.21. The van der Waals surface area contributed by atoms with Gasteiger partial charge in [-0.05, 0) is 50.1 Å². The fourth-order valence-corrected chi connectivity index (χ4v) is 3.77. The third kappa shape index (κ3) is 3.90. The van der Waals surface area contributed by atoms with E-state index in [2.05, 4.69) is 24.4 Å². The lowest BCUT2D eigenvalue weighted by Crippen LogP contribution is -2.34. The molecule has 2 rings (SSSR count). The van der Waals surface area contributed by atoms with Crippen molar-refractivity contribution >= 4 is 23.4 Å². The molecule has 1 aromatic rings. The Morgan fingerprint density at radius 1 is 1.29 bits per heavy atom. The van der Waals surface area contributed by atoms with Gasteiger partial charge in [-0.15, -0.1) is 11.8 Å². The van der Waals surface area contributed by atoms with Crippen LogP contribution in [0.25, 0.3) is 0 Å². The van der Waals surface area contributed by atoms with Crippen LogP contribution >= 0.6 is 23.4 Å². The number of hydrogen-bond acceptors (Lipinski definition) is 2. The van der Waals surface area contributed by atoms with E-state index in [9.17, 15) is 0 Å². The lowest BCUT2D eigenvalue weighted by atomic mass is 10.2. The number of hydrogen-bond donors (Lipinski definition) is 1. The van der Waals surface area contributed by atoms with Crippen molar-refractivity contribution in [2.24, 2.45) is 0 Å². The minimum atomic E-state index is 0.690. The molecule has 94 valence electrons. The van der Waals surface area contributed by atoms with Crippen molar-refractivity contribution in [3.05, 3.63) is 29.3 Å². The van der Waals surface area contributed by atoms with Crippen LogP contribution in [-0.4, -0.2) is 17.8 Å². The molecule has 17 heavy (non-hydrogen) atoms. The number of rotatable bonds is 5. The van der Waals surface area contributed by atoms with Gasteiger partial charge in [-0.25, -0.2) is 0 Å². The van der Waals surface area contributed by atoms with E-state index in [1.54, 1.807) is 0 Å². The molecule has 1 nitrogen and oxygen atoms in total. The minimum Gasteiger partial charge on any atom is -0.313 e. The summed E-state index contributed by atoms with van der Waals surface area (Å²) in [5.74, 6) is 0. The SMILES string of the molecule is CCCNC1CCCC1Sc1ccc(Cl)cc1. The van der Waals surface area contributed by atoms with Crippen LogP contribution in [-0.2, 0) is 0 Å². The normalized spacial score (nSPS) is 24.1. The molecule has 2 unspecified atom stereocenters. The molecule has 3 heteroatoms. The van der Waals surface area contributed by atoms with Crippen LogP contribution in [0, 0.1) is 0 Å². The van der Waals surface area contributed by atoms with Crippen molar-refractivity contribution < 1.29 is 0 Å². The van der Waals surface area contributed by atoms with E-state index in [-0.39, 0.29) is 0 Å². The highest BCUT2D eigenvalue weighted by molar-refractivity contribution is 8.00. The number of halogens is 1. The van der Waals surface area contributed by atoms with E-state index in [0.717, 1.165) is 16.8 Å². The summed E-state index contributed by atoms with van der Waals surface area (Å²) in [6.45, 7) is 3.37. The fourth-order valence-electron chi connectivity index (χ4n) is 2.32. The maximum Gasteiger partial charge on any atom is 0.0406 e. The molecule has 1 N–H and O–H groups in total. The Kier molecular flexibility index (Phi) is 5.20. The maximum atomic E-state index is 5.90. The highest BCUT2D eigenvalue weighted by atomic mass is 35.5. The average molecular weight is 270 g/mol. The Bertz CT molecular complexity index is 339. The van der Waals surface area contributed by atoms with Gasteiger partial charge in [0.15, 0.2) is 0 Å². The van der Waals surface area contributed by atoms with Gasteiger partial charge in [0.2, 0.25) is 0 Å². The molecule has 1 saturated carbocycles. The van der Waals surface area contributed by atoms with E-state index < -0.39 is 0 Å². The molecule has 0 aromatic heterocycles. The molecule has 1 aliphatic carbocycles. The number of thioether (sulfide) groups is 1. The van der Waals surface area contributed by atoms with Crippen molar-refractivity contribution in [2.45, 2.75) is 48.8 Å². The summed E-state index contributed by atoms with van der Waals surface area (Å²) >= 11 is 7.90. The maximum absolute atomic E-state index is 5.90. The van der Waals surface area contributed by atoms with Crippen LogP contribution in [0.3, 0.4) is 0 Å². The molecule has 0 aliphatic heterocycles. The van der Waals surface area contributed by atoms with Gasteiger partial charge >= 0.3 is 0 Å². The van der Waals surface area contributed by atoms with E-state index in [4.69, 9.17) is 11.6 Å². The van der Waals surface area contributed by atoms with Crippen molar-refractivity contribution in [1.29, 1.82) is 0 Å². The Hall–Kier alpha value is -0.180. The first-order valence-corrected chi connectivity index (χ1v) is 7.71. The molecule has 0 bridgehead atoms. The van der Waals surface area contributed by atoms with Gasteiger partial charge in [-0.3, -0.25) is 0 Å². The minimum absolute atomic E-state index is 0.690. The Morgan fingerprint density at radius 3 is 2.76 bits per heavy atom. The second-order valence-corrected chi connectivity index (χ2v) is 6.35. The van der Waals surface area contributed by atoms with Crippen molar-refractivity contribution in [3.63, 3.8) is 0 Å². The highest BCUT2D eigenvalue weighted by Gasteiger charge is 2.27. The first-order chi connectivity index (χ1) is 8.29. The first kappa shape index (κ1) is 13.3. The number of nitrogens with one attached hydrogen (secondary N) is 1. The van der Waals surface area contributed by atoms with Crippen LogP contribution in [0.2, 0.25) is 5.02 Å². The van der Waals surface area contributed by atoms with Crippen molar-refractivity contribution in [1.82, 2.24) is 5.32 Å². The molecular formula is C14H20ClNS. The molecule has 1 aliphatic rings. The van der Waals surface area contributed by atoms with Crippen LogP contribution in [0.4, 0.5) is 0 Å². The fraction of sp³-hybridized carbons (Fsp3) is 0.571. The lowest BCUT2D eigenvalue weighted by molar-refractivity contribution is 0.531. The zero-order valence-electron chi connectivity index (χ0n) is 10.3. The smallest absolute Gasteiger partial charge is 0.0406 e. The Balaban J connectivity index is 1.90. The third-order valence-corrected chi connectivity index (χ3v) is 4.87. The first-order valence-electron chi connectivity index (χ1n) is 6.45. The van der Waals surface area contributed by atoms with Gasteiger partial charge < -0.3 is 5.32 Å². The lowest BCUT2D eigenvalue weighted by Gasteiger charge is -2.20. The molecule has 0 heterocycles. The molecule has 2 atom stereocenters. The predicted molar refractivity (Wildman–Crippen MR) is 77.0 cm³/mol. The highest BCUT2D eigenvalue weighted by Crippen LogP contribution is 2.35. The van der Waals surface area contributed by atoms with Crippen molar-refractivity contribution in [3.8, 4) is 0 Å². The van der Waals surface area contributed by atoms with Gasteiger partial charge in [-0.2, -0.15) is 0 Å². The van der Waals surface area contributed by atoms with E-state index in [0.29, 0.717) is 6.04 Å².